The van der Waals surface area contributed by atoms with Gasteiger partial charge in [0, 0.05) is 13.1 Å². The third-order valence-corrected chi connectivity index (χ3v) is 6.23. The minimum atomic E-state index is -0.644. The number of amides is 2. The second-order valence-electron chi connectivity index (χ2n) is 7.72. The summed E-state index contributed by atoms with van der Waals surface area (Å²) in [5.74, 6) is 0.847. The molecule has 6 nitrogen and oxygen atoms in total. The first-order valence-electron chi connectivity index (χ1n) is 10.9. The van der Waals surface area contributed by atoms with Gasteiger partial charge in [-0.25, -0.2) is 0 Å². The Hall–Kier alpha value is -3.06. The molecule has 7 heteroatoms. The van der Waals surface area contributed by atoms with Crippen LogP contribution in [-0.4, -0.2) is 43.0 Å². The van der Waals surface area contributed by atoms with Gasteiger partial charge in [0.2, 0.25) is 5.91 Å². The number of fused-ring (bicyclic) bond motifs is 1. The van der Waals surface area contributed by atoms with Crippen molar-refractivity contribution in [3.8, 4) is 11.5 Å². The molecular formula is C26H29BrN2O4. The van der Waals surface area contributed by atoms with Gasteiger partial charge in [0.1, 0.15) is 17.5 Å². The van der Waals surface area contributed by atoms with Crippen molar-refractivity contribution in [1.82, 2.24) is 10.2 Å². The molecule has 2 amide bonds. The smallest absolute Gasteiger partial charge is 0.261 e. The fourth-order valence-corrected chi connectivity index (χ4v) is 4.06. The molecule has 0 aliphatic rings. The number of nitrogens with zero attached hydrogens (tertiary/aromatic N) is 1. The van der Waals surface area contributed by atoms with E-state index in [0.29, 0.717) is 12.3 Å². The molecule has 0 fully saturated rings. The van der Waals surface area contributed by atoms with Crippen molar-refractivity contribution >= 4 is 38.5 Å². The zero-order valence-corrected chi connectivity index (χ0v) is 20.7. The van der Waals surface area contributed by atoms with E-state index in [0.717, 1.165) is 33.0 Å². The predicted octanol–water partition coefficient (Wildman–Crippen LogP) is 4.93. The van der Waals surface area contributed by atoms with Crippen molar-refractivity contribution in [3.05, 3.63) is 70.7 Å². The van der Waals surface area contributed by atoms with E-state index in [1.54, 1.807) is 18.9 Å². The Kier molecular flexibility index (Phi) is 8.72. The van der Waals surface area contributed by atoms with Crippen LogP contribution in [0.5, 0.6) is 11.5 Å². The number of benzene rings is 3. The van der Waals surface area contributed by atoms with Crippen LogP contribution in [0.4, 0.5) is 0 Å². The Morgan fingerprint density at radius 2 is 1.79 bits per heavy atom. The van der Waals surface area contributed by atoms with E-state index in [9.17, 15) is 9.59 Å². The molecule has 0 spiro atoms. The molecule has 0 unspecified atom stereocenters. The number of hydrogen-bond donors (Lipinski definition) is 1. The maximum absolute atomic E-state index is 13.2. The molecule has 1 N–H and O–H groups in total. The van der Waals surface area contributed by atoms with Crippen LogP contribution in [-0.2, 0) is 16.1 Å². The lowest BCUT2D eigenvalue weighted by Crippen LogP contribution is -2.49. The van der Waals surface area contributed by atoms with Gasteiger partial charge in [-0.15, -0.1) is 0 Å². The van der Waals surface area contributed by atoms with Crippen molar-refractivity contribution in [2.45, 2.75) is 32.9 Å². The molecule has 3 aromatic rings. The van der Waals surface area contributed by atoms with Crippen molar-refractivity contribution in [2.75, 3.05) is 20.3 Å². The summed E-state index contributed by atoms with van der Waals surface area (Å²) < 4.78 is 11.9. The molecule has 0 saturated carbocycles. The van der Waals surface area contributed by atoms with Gasteiger partial charge in [-0.1, -0.05) is 49.4 Å². The molecule has 0 saturated heterocycles. The Balaban J connectivity index is 1.77. The quantitative estimate of drug-likeness (QED) is 0.418. The summed E-state index contributed by atoms with van der Waals surface area (Å²) in [5, 5.41) is 4.95. The molecule has 0 heterocycles. The molecule has 0 aliphatic carbocycles. The SMILES string of the molecule is CCCNC(=O)[C@@H](C)N(Cc1ccc(OC)cc1)C(=O)COc1ccc2ccccc2c1Br. The van der Waals surface area contributed by atoms with Gasteiger partial charge in [-0.3, -0.25) is 9.59 Å². The summed E-state index contributed by atoms with van der Waals surface area (Å²) in [6.45, 7) is 4.39. The molecule has 33 heavy (non-hydrogen) atoms. The maximum atomic E-state index is 13.2. The lowest BCUT2D eigenvalue weighted by Gasteiger charge is -2.29. The molecule has 1 atom stereocenters. The largest absolute Gasteiger partial charge is 0.497 e. The van der Waals surface area contributed by atoms with E-state index in [-0.39, 0.29) is 25.0 Å². The second kappa shape index (κ2) is 11.7. The fraction of sp³-hybridized carbons (Fsp3) is 0.308. The van der Waals surface area contributed by atoms with Crippen LogP contribution >= 0.6 is 15.9 Å². The third kappa shape index (κ3) is 6.26. The highest BCUT2D eigenvalue weighted by molar-refractivity contribution is 9.10. The van der Waals surface area contributed by atoms with Crippen molar-refractivity contribution in [2.24, 2.45) is 0 Å². The molecular weight excluding hydrogens is 484 g/mol. The molecule has 0 aliphatic heterocycles. The Morgan fingerprint density at radius 3 is 2.48 bits per heavy atom. The Bertz CT molecular complexity index is 1100. The van der Waals surface area contributed by atoms with Crippen molar-refractivity contribution in [3.63, 3.8) is 0 Å². The number of ether oxygens (including phenoxy) is 2. The zero-order chi connectivity index (χ0) is 23.8. The summed E-state index contributed by atoms with van der Waals surface area (Å²) in [5.41, 5.74) is 0.895. The monoisotopic (exact) mass is 512 g/mol. The van der Waals surface area contributed by atoms with Gasteiger partial charge >= 0.3 is 0 Å². The minimum absolute atomic E-state index is 0.182. The van der Waals surface area contributed by atoms with Gasteiger partial charge in [0.05, 0.1) is 11.6 Å². The first kappa shape index (κ1) is 24.6. The first-order chi connectivity index (χ1) is 15.9. The van der Waals surface area contributed by atoms with E-state index in [1.807, 2.05) is 67.6 Å². The number of methoxy groups -OCH3 is 1. The molecule has 3 aromatic carbocycles. The third-order valence-electron chi connectivity index (χ3n) is 5.41. The van der Waals surface area contributed by atoms with Crippen molar-refractivity contribution < 1.29 is 19.1 Å². The minimum Gasteiger partial charge on any atom is -0.497 e. The predicted molar refractivity (Wildman–Crippen MR) is 133 cm³/mol. The van der Waals surface area contributed by atoms with Gasteiger partial charge in [-0.2, -0.15) is 0 Å². The van der Waals surface area contributed by atoms with Crippen molar-refractivity contribution in [1.29, 1.82) is 0 Å². The molecule has 0 bridgehead atoms. The number of nitrogens with one attached hydrogen (secondary N) is 1. The average Bonchev–Trinajstić information content (AvgIpc) is 2.85. The Labute approximate surface area is 203 Å². The summed E-state index contributed by atoms with van der Waals surface area (Å²) in [6.07, 6.45) is 0.823. The molecule has 0 radical (unpaired) electrons. The highest BCUT2D eigenvalue weighted by Gasteiger charge is 2.26. The summed E-state index contributed by atoms with van der Waals surface area (Å²) >= 11 is 3.59. The van der Waals surface area contributed by atoms with E-state index >= 15 is 0 Å². The number of rotatable bonds is 10. The van der Waals surface area contributed by atoms with Crippen LogP contribution in [0.1, 0.15) is 25.8 Å². The highest BCUT2D eigenvalue weighted by atomic mass is 79.9. The number of hydrogen-bond acceptors (Lipinski definition) is 4. The van der Waals surface area contributed by atoms with E-state index < -0.39 is 6.04 Å². The van der Waals surface area contributed by atoms with Crippen LogP contribution in [0.2, 0.25) is 0 Å². The van der Waals surface area contributed by atoms with Gasteiger partial charge < -0.3 is 19.7 Å². The van der Waals surface area contributed by atoms with Gasteiger partial charge in [0.15, 0.2) is 6.61 Å². The van der Waals surface area contributed by atoms with E-state index in [1.165, 1.54) is 0 Å². The van der Waals surface area contributed by atoms with Crippen LogP contribution in [0.3, 0.4) is 0 Å². The maximum Gasteiger partial charge on any atom is 0.261 e. The molecule has 3 rings (SSSR count). The summed E-state index contributed by atoms with van der Waals surface area (Å²) in [6, 6.07) is 18.5. The highest BCUT2D eigenvalue weighted by Crippen LogP contribution is 2.33. The Morgan fingerprint density at radius 1 is 1.06 bits per heavy atom. The fourth-order valence-electron chi connectivity index (χ4n) is 3.45. The summed E-state index contributed by atoms with van der Waals surface area (Å²) in [7, 11) is 1.60. The lowest BCUT2D eigenvalue weighted by atomic mass is 10.1. The average molecular weight is 513 g/mol. The van der Waals surface area contributed by atoms with E-state index in [2.05, 4.69) is 21.2 Å². The molecule has 174 valence electrons. The van der Waals surface area contributed by atoms with Gasteiger partial charge in [0.25, 0.3) is 5.91 Å². The van der Waals surface area contributed by atoms with Crippen LogP contribution < -0.4 is 14.8 Å². The van der Waals surface area contributed by atoms with Gasteiger partial charge in [-0.05, 0) is 63.8 Å². The topological polar surface area (TPSA) is 67.9 Å². The van der Waals surface area contributed by atoms with E-state index in [4.69, 9.17) is 9.47 Å². The summed E-state index contributed by atoms with van der Waals surface area (Å²) in [4.78, 5) is 27.4. The number of carbonyl (C=O) groups is 2. The number of halogens is 1. The number of carbonyl (C=O) groups excluding carboxylic acids is 2. The first-order valence-corrected chi connectivity index (χ1v) is 11.7. The second-order valence-corrected chi connectivity index (χ2v) is 8.52. The van der Waals surface area contributed by atoms with Crippen LogP contribution in [0, 0.1) is 0 Å². The standard InChI is InChI=1S/C26H29BrN2O4/c1-4-15-28-26(31)18(2)29(16-19-9-12-21(32-3)13-10-19)24(30)17-33-23-14-11-20-7-5-6-8-22(20)25(23)27/h5-14,18H,4,15-17H2,1-3H3,(H,28,31)/t18-/m1/s1. The van der Waals surface area contributed by atoms with Crippen LogP contribution in [0.25, 0.3) is 10.8 Å². The normalized spacial score (nSPS) is 11.6. The zero-order valence-electron chi connectivity index (χ0n) is 19.1. The lowest BCUT2D eigenvalue weighted by molar-refractivity contribution is -0.142. The molecule has 0 aromatic heterocycles. The van der Waals surface area contributed by atoms with Crippen LogP contribution in [0.15, 0.2) is 65.1 Å².